The van der Waals surface area contributed by atoms with Crippen molar-refractivity contribution in [2.24, 2.45) is 0 Å². The van der Waals surface area contributed by atoms with E-state index in [9.17, 15) is 0 Å². The quantitative estimate of drug-likeness (QED) is 0.654. The van der Waals surface area contributed by atoms with E-state index < -0.39 is 17.0 Å². The molecule has 0 aliphatic carbocycles. The molecule has 1 unspecified atom stereocenters. The second-order valence-electron chi connectivity index (χ2n) is 4.37. The van der Waals surface area contributed by atoms with Crippen LogP contribution in [-0.2, 0) is 4.43 Å². The summed E-state index contributed by atoms with van der Waals surface area (Å²) >= 11 is 0. The lowest BCUT2D eigenvalue weighted by molar-refractivity contribution is 0.311. The Hall–Kier alpha value is 0.274. The van der Waals surface area contributed by atoms with Crippen LogP contribution in [0.2, 0.25) is 19.6 Å². The highest BCUT2D eigenvalue weighted by Gasteiger charge is 2.41. The van der Waals surface area contributed by atoms with Gasteiger partial charge >= 0.3 is 8.80 Å². The fourth-order valence-electron chi connectivity index (χ4n) is 1.24. The molecule has 0 aliphatic heterocycles. The Kier molecular flexibility index (Phi) is 4.77. The van der Waals surface area contributed by atoms with Crippen LogP contribution in [0, 0.1) is 0 Å². The van der Waals surface area contributed by atoms with E-state index in [0.717, 1.165) is 0 Å². The van der Waals surface area contributed by atoms with Crippen molar-refractivity contribution < 1.29 is 4.43 Å². The van der Waals surface area contributed by atoms with E-state index in [1.807, 2.05) is 21.1 Å². The first-order valence-corrected chi connectivity index (χ1v) is 9.84. The van der Waals surface area contributed by atoms with Crippen LogP contribution in [0.3, 0.4) is 0 Å². The van der Waals surface area contributed by atoms with E-state index >= 15 is 0 Å². The molecule has 0 saturated heterocycles. The first-order valence-electron chi connectivity index (χ1n) is 4.48. The Labute approximate surface area is 84.1 Å². The number of rotatable bonds is 5. The molecule has 6 heteroatoms. The molecule has 0 rings (SSSR count). The molecule has 0 aromatic carbocycles. The first-order chi connectivity index (χ1) is 5.77. The van der Waals surface area contributed by atoms with Gasteiger partial charge in [-0.05, 0) is 21.1 Å². The van der Waals surface area contributed by atoms with Gasteiger partial charge in [0.25, 0.3) is 0 Å². The van der Waals surface area contributed by atoms with Crippen molar-refractivity contribution in [2.45, 2.75) is 19.6 Å². The molecule has 0 heterocycles. The van der Waals surface area contributed by atoms with Gasteiger partial charge in [-0.2, -0.15) is 0 Å². The molecular weight excluding hydrogens is 198 g/mol. The summed E-state index contributed by atoms with van der Waals surface area (Å²) in [5.74, 6) is 0. The molecule has 0 saturated carbocycles. The SMILES string of the molecule is CN[Si](N[Si](C)(C)C)(OC)N(C)C. The normalized spacial score (nSPS) is 17.5. The molecule has 0 spiro atoms. The Bertz CT molecular complexity index is 154. The van der Waals surface area contributed by atoms with Crippen molar-refractivity contribution in [1.82, 2.24) is 14.2 Å². The van der Waals surface area contributed by atoms with Gasteiger partial charge in [0, 0.05) is 7.11 Å². The molecular formula is C7H23N3OSi2. The predicted octanol–water partition coefficient (Wildman–Crippen LogP) is 0.274. The van der Waals surface area contributed by atoms with Gasteiger partial charge in [0.1, 0.15) is 8.24 Å². The minimum atomic E-state index is -2.06. The summed E-state index contributed by atoms with van der Waals surface area (Å²) in [7, 11) is 4.41. The molecule has 0 aromatic rings. The van der Waals surface area contributed by atoms with Gasteiger partial charge in [-0.1, -0.05) is 19.6 Å². The van der Waals surface area contributed by atoms with Crippen LogP contribution in [0.4, 0.5) is 0 Å². The smallest absolute Gasteiger partial charge is 0.384 e. The van der Waals surface area contributed by atoms with Gasteiger partial charge in [-0.15, -0.1) is 0 Å². The zero-order valence-electron chi connectivity index (χ0n) is 9.86. The van der Waals surface area contributed by atoms with Gasteiger partial charge in [-0.3, -0.25) is 9.55 Å². The largest absolute Gasteiger partial charge is 0.435 e. The van der Waals surface area contributed by atoms with Crippen molar-refractivity contribution in [1.29, 1.82) is 0 Å². The van der Waals surface area contributed by atoms with Crippen LogP contribution in [0.15, 0.2) is 0 Å². The van der Waals surface area contributed by atoms with Crippen molar-refractivity contribution in [3.05, 3.63) is 0 Å². The molecule has 4 nitrogen and oxygen atoms in total. The summed E-state index contributed by atoms with van der Waals surface area (Å²) in [6, 6.07) is 0. The molecule has 13 heavy (non-hydrogen) atoms. The maximum absolute atomic E-state index is 5.60. The van der Waals surface area contributed by atoms with Gasteiger partial charge in [0.05, 0.1) is 0 Å². The van der Waals surface area contributed by atoms with Gasteiger partial charge in [0.2, 0.25) is 0 Å². The topological polar surface area (TPSA) is 36.5 Å². The van der Waals surface area contributed by atoms with E-state index in [0.29, 0.717) is 0 Å². The average Bonchev–Trinajstić information content (AvgIpc) is 1.98. The Morgan fingerprint density at radius 3 is 1.69 bits per heavy atom. The zero-order valence-corrected chi connectivity index (χ0v) is 11.9. The Balaban J connectivity index is 4.58. The molecule has 1 atom stereocenters. The van der Waals surface area contributed by atoms with Gasteiger partial charge in [-0.25, -0.2) is 0 Å². The highest BCUT2D eigenvalue weighted by atomic mass is 28.4. The van der Waals surface area contributed by atoms with E-state index in [1.165, 1.54) is 0 Å². The Morgan fingerprint density at radius 1 is 1.15 bits per heavy atom. The lowest BCUT2D eigenvalue weighted by atomic mass is 11.3. The standard InChI is InChI=1S/C7H23N3OSi2/c1-8-13(11-4,10(2)3)9-12(5,6)7/h8-9H,1-7H3. The second kappa shape index (κ2) is 4.67. The molecule has 0 aliphatic rings. The highest BCUT2D eigenvalue weighted by Crippen LogP contribution is 2.04. The minimum Gasteiger partial charge on any atom is -0.384 e. The zero-order chi connectivity index (χ0) is 10.7. The van der Waals surface area contributed by atoms with Crippen LogP contribution < -0.4 is 9.63 Å². The van der Waals surface area contributed by atoms with Gasteiger partial charge < -0.3 is 9.07 Å². The number of nitrogens with zero attached hydrogens (tertiary/aromatic N) is 1. The second-order valence-corrected chi connectivity index (χ2v) is 13.0. The average molecular weight is 221 g/mol. The van der Waals surface area contributed by atoms with E-state index in [4.69, 9.17) is 4.43 Å². The predicted molar refractivity (Wildman–Crippen MR) is 62.0 cm³/mol. The third kappa shape index (κ3) is 3.88. The lowest BCUT2D eigenvalue weighted by Gasteiger charge is -2.39. The van der Waals surface area contributed by atoms with Crippen LogP contribution >= 0.6 is 0 Å². The molecule has 0 radical (unpaired) electrons. The maximum Gasteiger partial charge on any atom is 0.435 e. The third-order valence-electron chi connectivity index (χ3n) is 1.81. The summed E-state index contributed by atoms with van der Waals surface area (Å²) < 4.78 is 11.4. The van der Waals surface area contributed by atoms with Crippen molar-refractivity contribution in [3.63, 3.8) is 0 Å². The van der Waals surface area contributed by atoms with Crippen LogP contribution in [0.1, 0.15) is 0 Å². The minimum absolute atomic E-state index is 1.31. The monoisotopic (exact) mass is 221 g/mol. The van der Waals surface area contributed by atoms with Gasteiger partial charge in [0.15, 0.2) is 0 Å². The summed E-state index contributed by atoms with van der Waals surface area (Å²) in [5.41, 5.74) is 0. The summed E-state index contributed by atoms with van der Waals surface area (Å²) in [5, 5.41) is 0. The first kappa shape index (κ1) is 13.3. The third-order valence-corrected chi connectivity index (χ3v) is 8.69. The highest BCUT2D eigenvalue weighted by molar-refractivity contribution is 6.86. The van der Waals surface area contributed by atoms with Crippen LogP contribution in [0.25, 0.3) is 0 Å². The fraction of sp³-hybridized carbons (Fsp3) is 1.00. The lowest BCUT2D eigenvalue weighted by Crippen LogP contribution is -2.76. The van der Waals surface area contributed by atoms with Crippen molar-refractivity contribution in [2.75, 3.05) is 28.3 Å². The molecule has 2 N–H and O–H groups in total. The Morgan fingerprint density at radius 2 is 1.62 bits per heavy atom. The van der Waals surface area contributed by atoms with E-state index in [-0.39, 0.29) is 0 Å². The maximum atomic E-state index is 5.60. The molecule has 0 aromatic heterocycles. The number of nitrogens with one attached hydrogen (secondary N) is 2. The summed E-state index contributed by atoms with van der Waals surface area (Å²) in [6.45, 7) is 6.82. The van der Waals surface area contributed by atoms with E-state index in [1.54, 1.807) is 7.11 Å². The number of hydrogen-bond acceptors (Lipinski definition) is 4. The molecule has 0 fully saturated rings. The summed E-state index contributed by atoms with van der Waals surface area (Å²) in [6.07, 6.45) is 0. The molecule has 80 valence electrons. The van der Waals surface area contributed by atoms with Crippen LogP contribution in [-0.4, -0.2) is 49.9 Å². The fourth-order valence-corrected chi connectivity index (χ4v) is 8.13. The molecule has 0 amide bonds. The van der Waals surface area contributed by atoms with Crippen molar-refractivity contribution in [3.8, 4) is 0 Å². The molecule has 0 bridgehead atoms. The van der Waals surface area contributed by atoms with Crippen molar-refractivity contribution >= 4 is 17.0 Å². The van der Waals surface area contributed by atoms with E-state index in [2.05, 4.69) is 33.8 Å². The number of hydrogen-bond donors (Lipinski definition) is 2. The summed E-state index contributed by atoms with van der Waals surface area (Å²) in [4.78, 5) is 3.29. The van der Waals surface area contributed by atoms with Crippen LogP contribution in [0.5, 0.6) is 0 Å².